The summed E-state index contributed by atoms with van der Waals surface area (Å²) < 4.78 is 28.4. The van der Waals surface area contributed by atoms with Gasteiger partial charge in [-0.15, -0.1) is 0 Å². The number of carbonyl (C=O) groups excluding carboxylic acids is 1. The van der Waals surface area contributed by atoms with Gasteiger partial charge in [-0.1, -0.05) is 20.8 Å². The first-order chi connectivity index (χ1) is 11.2. The van der Waals surface area contributed by atoms with Crippen molar-refractivity contribution in [3.63, 3.8) is 0 Å². The number of benzene rings is 1. The zero-order valence-corrected chi connectivity index (χ0v) is 17.3. The number of hydrogen-bond acceptors (Lipinski definition) is 4. The van der Waals surface area contributed by atoms with E-state index in [0.29, 0.717) is 12.8 Å². The molecular formula is C16H24IN3O3S. The number of nitrogens with zero attached hydrogens (tertiary/aromatic N) is 1. The smallest absolute Gasteiger partial charge is 0.258 e. The SMILES string of the molecule is CC/C(C)=N\NC(=O)[C@@H](CC(C)C)NS(=O)(=O)c1ccc(I)cc1. The largest absolute Gasteiger partial charge is 0.271 e. The Morgan fingerprint density at radius 1 is 1.25 bits per heavy atom. The molecule has 0 spiro atoms. The third kappa shape index (κ3) is 6.86. The van der Waals surface area contributed by atoms with Crippen LogP contribution in [0.15, 0.2) is 34.3 Å². The van der Waals surface area contributed by atoms with E-state index in [1.807, 2.05) is 20.8 Å². The van der Waals surface area contributed by atoms with Crippen molar-refractivity contribution in [3.8, 4) is 0 Å². The highest BCUT2D eigenvalue weighted by Crippen LogP contribution is 2.14. The van der Waals surface area contributed by atoms with Crippen LogP contribution in [-0.4, -0.2) is 26.1 Å². The fraction of sp³-hybridized carbons (Fsp3) is 0.500. The molecule has 1 rings (SSSR count). The molecule has 2 N–H and O–H groups in total. The highest BCUT2D eigenvalue weighted by atomic mass is 127. The van der Waals surface area contributed by atoms with Gasteiger partial charge in [0.2, 0.25) is 10.0 Å². The van der Waals surface area contributed by atoms with Gasteiger partial charge in [-0.2, -0.15) is 9.82 Å². The molecule has 8 heteroatoms. The van der Waals surface area contributed by atoms with Crippen molar-refractivity contribution in [2.45, 2.75) is 51.5 Å². The third-order valence-electron chi connectivity index (χ3n) is 3.31. The molecule has 0 aromatic heterocycles. The molecule has 0 unspecified atom stereocenters. The lowest BCUT2D eigenvalue weighted by molar-refractivity contribution is -0.123. The molecule has 134 valence electrons. The van der Waals surface area contributed by atoms with Crippen LogP contribution in [0, 0.1) is 9.49 Å². The fourth-order valence-corrected chi connectivity index (χ4v) is 3.42. The Morgan fingerprint density at radius 3 is 2.33 bits per heavy atom. The quantitative estimate of drug-likeness (QED) is 0.352. The average Bonchev–Trinajstić information content (AvgIpc) is 2.51. The van der Waals surface area contributed by atoms with Crippen molar-refractivity contribution in [1.82, 2.24) is 10.1 Å². The Morgan fingerprint density at radius 2 is 1.83 bits per heavy atom. The predicted octanol–water partition coefficient (Wildman–Crippen LogP) is 2.89. The summed E-state index contributed by atoms with van der Waals surface area (Å²) in [5, 5.41) is 3.97. The summed E-state index contributed by atoms with van der Waals surface area (Å²) in [6.45, 7) is 7.59. The molecule has 0 aliphatic heterocycles. The van der Waals surface area contributed by atoms with E-state index in [4.69, 9.17) is 0 Å². The van der Waals surface area contributed by atoms with Gasteiger partial charge in [0, 0.05) is 9.28 Å². The first kappa shape index (κ1) is 21.0. The Labute approximate surface area is 157 Å². The maximum Gasteiger partial charge on any atom is 0.258 e. The van der Waals surface area contributed by atoms with Crippen molar-refractivity contribution >= 4 is 44.2 Å². The summed E-state index contributed by atoms with van der Waals surface area (Å²) in [6, 6.07) is 5.59. The van der Waals surface area contributed by atoms with E-state index < -0.39 is 22.0 Å². The van der Waals surface area contributed by atoms with Gasteiger partial charge in [0.05, 0.1) is 4.90 Å². The Balaban J connectivity index is 2.96. The highest BCUT2D eigenvalue weighted by Gasteiger charge is 2.26. The molecule has 0 radical (unpaired) electrons. The van der Waals surface area contributed by atoms with Crippen LogP contribution in [0.3, 0.4) is 0 Å². The highest BCUT2D eigenvalue weighted by molar-refractivity contribution is 14.1. The van der Waals surface area contributed by atoms with Crippen LogP contribution in [0.4, 0.5) is 0 Å². The summed E-state index contributed by atoms with van der Waals surface area (Å²) in [5.41, 5.74) is 3.21. The second kappa shape index (κ2) is 9.47. The molecule has 0 saturated heterocycles. The van der Waals surface area contributed by atoms with E-state index in [1.165, 1.54) is 12.1 Å². The number of amides is 1. The molecule has 0 aliphatic carbocycles. The van der Waals surface area contributed by atoms with Crippen LogP contribution in [-0.2, 0) is 14.8 Å². The minimum absolute atomic E-state index is 0.137. The molecule has 1 amide bonds. The van der Waals surface area contributed by atoms with E-state index in [-0.39, 0.29) is 10.8 Å². The molecule has 24 heavy (non-hydrogen) atoms. The van der Waals surface area contributed by atoms with Gasteiger partial charge in [0.25, 0.3) is 5.91 Å². The van der Waals surface area contributed by atoms with Crippen molar-refractivity contribution < 1.29 is 13.2 Å². The third-order valence-corrected chi connectivity index (χ3v) is 5.52. The van der Waals surface area contributed by atoms with Crippen LogP contribution < -0.4 is 10.1 Å². The van der Waals surface area contributed by atoms with Gasteiger partial charge in [0.1, 0.15) is 6.04 Å². The molecule has 1 aromatic carbocycles. The van der Waals surface area contributed by atoms with Crippen LogP contribution in [0.1, 0.15) is 40.5 Å². The van der Waals surface area contributed by atoms with E-state index in [9.17, 15) is 13.2 Å². The normalized spacial score (nSPS) is 13.8. The van der Waals surface area contributed by atoms with Gasteiger partial charge in [-0.3, -0.25) is 4.79 Å². The molecule has 0 saturated carbocycles. The van der Waals surface area contributed by atoms with Gasteiger partial charge in [-0.25, -0.2) is 13.8 Å². The van der Waals surface area contributed by atoms with Crippen molar-refractivity contribution in [3.05, 3.63) is 27.8 Å². The van der Waals surface area contributed by atoms with Gasteiger partial charge in [-0.05, 0) is 72.5 Å². The van der Waals surface area contributed by atoms with Crippen LogP contribution >= 0.6 is 22.6 Å². The Bertz CT molecular complexity index is 685. The zero-order valence-electron chi connectivity index (χ0n) is 14.3. The van der Waals surface area contributed by atoms with Crippen molar-refractivity contribution in [1.29, 1.82) is 0 Å². The van der Waals surface area contributed by atoms with Crippen molar-refractivity contribution in [2.24, 2.45) is 11.0 Å². The summed E-state index contributed by atoms with van der Waals surface area (Å²) in [6.07, 6.45) is 1.10. The monoisotopic (exact) mass is 465 g/mol. The number of carbonyl (C=O) groups is 1. The number of nitrogens with one attached hydrogen (secondary N) is 2. The number of sulfonamides is 1. The van der Waals surface area contributed by atoms with E-state index in [2.05, 4.69) is 37.8 Å². The maximum atomic E-state index is 12.5. The molecule has 0 aliphatic rings. The van der Waals surface area contributed by atoms with Gasteiger partial charge < -0.3 is 0 Å². The Hall–Kier alpha value is -1.000. The maximum absolute atomic E-state index is 12.5. The fourth-order valence-electron chi connectivity index (χ4n) is 1.86. The molecule has 6 nitrogen and oxygen atoms in total. The summed E-state index contributed by atoms with van der Waals surface area (Å²) in [4.78, 5) is 12.5. The minimum atomic E-state index is -3.77. The standard InChI is InChI=1S/C16H24IN3O3S/c1-5-12(4)18-19-16(21)15(10-11(2)3)20-24(22,23)14-8-6-13(17)7-9-14/h6-9,11,15,20H,5,10H2,1-4H3,(H,19,21)/b18-12-/t15-/m1/s1. The molecular weight excluding hydrogens is 441 g/mol. The molecule has 1 atom stereocenters. The number of hydrogen-bond donors (Lipinski definition) is 2. The predicted molar refractivity (Wildman–Crippen MR) is 104 cm³/mol. The molecule has 0 fully saturated rings. The lowest BCUT2D eigenvalue weighted by atomic mass is 10.0. The molecule has 0 bridgehead atoms. The summed E-state index contributed by atoms with van der Waals surface area (Å²) in [5.74, 6) is -0.304. The summed E-state index contributed by atoms with van der Waals surface area (Å²) >= 11 is 2.10. The van der Waals surface area contributed by atoms with E-state index in [0.717, 1.165) is 9.28 Å². The number of rotatable bonds is 8. The lowest BCUT2D eigenvalue weighted by Crippen LogP contribution is -2.46. The average molecular weight is 465 g/mol. The Kier molecular flexibility index (Phi) is 8.31. The molecule has 0 heterocycles. The number of halogens is 1. The minimum Gasteiger partial charge on any atom is -0.271 e. The molecule has 1 aromatic rings. The van der Waals surface area contributed by atoms with Crippen molar-refractivity contribution in [2.75, 3.05) is 0 Å². The van der Waals surface area contributed by atoms with E-state index >= 15 is 0 Å². The van der Waals surface area contributed by atoms with Crippen LogP contribution in [0.2, 0.25) is 0 Å². The topological polar surface area (TPSA) is 87.6 Å². The van der Waals surface area contributed by atoms with Crippen LogP contribution in [0.25, 0.3) is 0 Å². The second-order valence-electron chi connectivity index (χ2n) is 5.93. The lowest BCUT2D eigenvalue weighted by Gasteiger charge is -2.19. The second-order valence-corrected chi connectivity index (χ2v) is 8.89. The zero-order chi connectivity index (χ0) is 18.3. The van der Waals surface area contributed by atoms with Gasteiger partial charge in [0.15, 0.2) is 0 Å². The first-order valence-electron chi connectivity index (χ1n) is 7.76. The first-order valence-corrected chi connectivity index (χ1v) is 10.3. The van der Waals surface area contributed by atoms with E-state index in [1.54, 1.807) is 19.1 Å². The summed E-state index contributed by atoms with van der Waals surface area (Å²) in [7, 11) is -3.77. The van der Waals surface area contributed by atoms with Crippen LogP contribution in [0.5, 0.6) is 0 Å². The number of hydrazone groups is 1. The van der Waals surface area contributed by atoms with Gasteiger partial charge >= 0.3 is 0 Å².